The molecule has 1 saturated heterocycles. The Morgan fingerprint density at radius 3 is 2.68 bits per heavy atom. The van der Waals surface area contributed by atoms with Crippen LogP contribution in [0.1, 0.15) is 17.7 Å². The Kier molecular flexibility index (Phi) is 8.88. The Morgan fingerprint density at radius 2 is 2.04 bits per heavy atom. The van der Waals surface area contributed by atoms with Gasteiger partial charge in [-0.25, -0.2) is 0 Å². The van der Waals surface area contributed by atoms with Crippen LogP contribution < -0.4 is 5.32 Å². The minimum atomic E-state index is 0.0129. The van der Waals surface area contributed by atoms with Crippen molar-refractivity contribution in [1.82, 2.24) is 15.1 Å². The van der Waals surface area contributed by atoms with Gasteiger partial charge < -0.3 is 15.0 Å². The van der Waals surface area contributed by atoms with Gasteiger partial charge in [0, 0.05) is 51.1 Å². The number of ether oxygens (including phenoxy) is 1. The SMILES string of the molecule is COCCNC(=O)CN1CCN(C(=O)CCCc2ccc(Br)s2)CC1. The first-order valence-corrected chi connectivity index (χ1v) is 10.2. The van der Waals surface area contributed by atoms with Crippen LogP contribution in [0, 0.1) is 0 Å². The van der Waals surface area contributed by atoms with Gasteiger partial charge in [0.25, 0.3) is 0 Å². The first kappa shape index (κ1) is 20.4. The highest BCUT2D eigenvalue weighted by molar-refractivity contribution is 9.11. The van der Waals surface area contributed by atoms with E-state index in [9.17, 15) is 9.59 Å². The number of methoxy groups -OCH3 is 1. The molecule has 2 heterocycles. The molecule has 8 heteroatoms. The fourth-order valence-corrected chi connectivity index (χ4v) is 4.29. The summed E-state index contributed by atoms with van der Waals surface area (Å²) >= 11 is 5.19. The number of carbonyl (C=O) groups is 2. The van der Waals surface area contributed by atoms with Crippen molar-refractivity contribution >= 4 is 39.1 Å². The molecule has 6 nitrogen and oxygen atoms in total. The standard InChI is InChI=1S/C17H26BrN3O3S/c1-24-12-7-19-16(22)13-20-8-10-21(11-9-20)17(23)4-2-3-14-5-6-15(18)25-14/h5-6H,2-4,7-13H2,1H3,(H,19,22). The summed E-state index contributed by atoms with van der Waals surface area (Å²) in [6.07, 6.45) is 2.42. The average molecular weight is 432 g/mol. The number of carbonyl (C=O) groups excluding carboxylic acids is 2. The zero-order chi connectivity index (χ0) is 18.1. The van der Waals surface area contributed by atoms with Crippen LogP contribution in [0.4, 0.5) is 0 Å². The summed E-state index contributed by atoms with van der Waals surface area (Å²) in [6.45, 7) is 4.36. The number of amides is 2. The number of piperazine rings is 1. The van der Waals surface area contributed by atoms with Crippen molar-refractivity contribution in [2.24, 2.45) is 0 Å². The normalized spacial score (nSPS) is 15.4. The molecule has 0 bridgehead atoms. The lowest BCUT2D eigenvalue weighted by molar-refractivity contribution is -0.133. The summed E-state index contributed by atoms with van der Waals surface area (Å²) in [7, 11) is 1.61. The van der Waals surface area contributed by atoms with Gasteiger partial charge in [-0.05, 0) is 40.9 Å². The van der Waals surface area contributed by atoms with Gasteiger partial charge in [0.1, 0.15) is 0 Å². The highest BCUT2D eigenvalue weighted by Crippen LogP contribution is 2.23. The number of nitrogens with zero attached hydrogens (tertiary/aromatic N) is 2. The van der Waals surface area contributed by atoms with Crippen LogP contribution >= 0.6 is 27.3 Å². The Bertz CT molecular complexity index is 559. The number of halogens is 1. The maximum atomic E-state index is 12.3. The fourth-order valence-electron chi connectivity index (χ4n) is 2.76. The largest absolute Gasteiger partial charge is 0.383 e. The molecule has 1 N–H and O–H groups in total. The molecule has 0 aromatic carbocycles. The van der Waals surface area contributed by atoms with E-state index in [4.69, 9.17) is 4.74 Å². The fraction of sp³-hybridized carbons (Fsp3) is 0.647. The molecule has 25 heavy (non-hydrogen) atoms. The topological polar surface area (TPSA) is 61.9 Å². The third-order valence-electron chi connectivity index (χ3n) is 4.16. The van der Waals surface area contributed by atoms with Gasteiger partial charge in [-0.2, -0.15) is 0 Å². The second kappa shape index (κ2) is 10.9. The first-order chi connectivity index (χ1) is 12.1. The maximum Gasteiger partial charge on any atom is 0.234 e. The lowest BCUT2D eigenvalue weighted by atomic mass is 10.2. The molecule has 140 valence electrons. The zero-order valence-corrected chi connectivity index (χ0v) is 17.0. The summed E-state index contributed by atoms with van der Waals surface area (Å²) in [5, 5.41) is 2.82. The van der Waals surface area contributed by atoms with Crippen LogP contribution in [0.5, 0.6) is 0 Å². The van der Waals surface area contributed by atoms with Crippen molar-refractivity contribution < 1.29 is 14.3 Å². The molecule has 1 fully saturated rings. The van der Waals surface area contributed by atoms with Crippen molar-refractivity contribution in [3.05, 3.63) is 20.8 Å². The molecule has 0 saturated carbocycles. The summed E-state index contributed by atoms with van der Waals surface area (Å²) in [4.78, 5) is 29.4. The van der Waals surface area contributed by atoms with Crippen molar-refractivity contribution in [2.75, 3.05) is 53.0 Å². The molecule has 0 spiro atoms. The minimum absolute atomic E-state index is 0.0129. The number of hydrogen-bond donors (Lipinski definition) is 1. The molecular weight excluding hydrogens is 406 g/mol. The Labute approximate surface area is 161 Å². The predicted molar refractivity (Wildman–Crippen MR) is 103 cm³/mol. The van der Waals surface area contributed by atoms with Crippen LogP contribution in [-0.2, 0) is 20.7 Å². The van der Waals surface area contributed by atoms with E-state index in [1.165, 1.54) is 4.88 Å². The predicted octanol–water partition coefficient (Wildman–Crippen LogP) is 1.74. The quantitative estimate of drug-likeness (QED) is 0.604. The molecule has 1 aliphatic rings. The van der Waals surface area contributed by atoms with Gasteiger partial charge in [-0.1, -0.05) is 0 Å². The number of nitrogens with one attached hydrogen (secondary N) is 1. The summed E-state index contributed by atoms with van der Waals surface area (Å²) < 4.78 is 6.05. The minimum Gasteiger partial charge on any atom is -0.383 e. The third kappa shape index (κ3) is 7.43. The van der Waals surface area contributed by atoms with E-state index in [-0.39, 0.29) is 11.8 Å². The molecule has 1 aliphatic heterocycles. The van der Waals surface area contributed by atoms with E-state index >= 15 is 0 Å². The molecule has 1 aromatic rings. The van der Waals surface area contributed by atoms with E-state index in [2.05, 4.69) is 32.2 Å². The van der Waals surface area contributed by atoms with Crippen LogP contribution in [0.15, 0.2) is 15.9 Å². The van der Waals surface area contributed by atoms with Crippen LogP contribution in [0.3, 0.4) is 0 Å². The van der Waals surface area contributed by atoms with Gasteiger partial charge >= 0.3 is 0 Å². The van der Waals surface area contributed by atoms with E-state index in [1.807, 2.05) is 11.0 Å². The molecule has 0 aliphatic carbocycles. The average Bonchev–Trinajstić information content (AvgIpc) is 3.01. The second-order valence-electron chi connectivity index (χ2n) is 6.06. The molecule has 0 unspecified atom stereocenters. The van der Waals surface area contributed by atoms with Crippen molar-refractivity contribution in [2.45, 2.75) is 19.3 Å². The third-order valence-corrected chi connectivity index (χ3v) is 5.85. The number of aryl methyl sites for hydroxylation is 1. The van der Waals surface area contributed by atoms with E-state index in [0.717, 1.165) is 29.7 Å². The van der Waals surface area contributed by atoms with Crippen molar-refractivity contribution in [3.8, 4) is 0 Å². The molecule has 1 aromatic heterocycles. The van der Waals surface area contributed by atoms with Gasteiger partial charge in [-0.15, -0.1) is 11.3 Å². The Morgan fingerprint density at radius 1 is 1.28 bits per heavy atom. The van der Waals surface area contributed by atoms with Gasteiger partial charge in [0.05, 0.1) is 16.9 Å². The van der Waals surface area contributed by atoms with Gasteiger partial charge in [0.2, 0.25) is 11.8 Å². The lowest BCUT2D eigenvalue weighted by Crippen LogP contribution is -2.51. The summed E-state index contributed by atoms with van der Waals surface area (Å²) in [5.41, 5.74) is 0. The van der Waals surface area contributed by atoms with Gasteiger partial charge in [-0.3, -0.25) is 14.5 Å². The highest BCUT2D eigenvalue weighted by Gasteiger charge is 2.22. The number of rotatable bonds is 9. The summed E-state index contributed by atoms with van der Waals surface area (Å²) in [6, 6.07) is 4.15. The maximum absolute atomic E-state index is 12.3. The number of hydrogen-bond acceptors (Lipinski definition) is 5. The molecule has 0 atom stereocenters. The van der Waals surface area contributed by atoms with E-state index in [0.29, 0.717) is 39.2 Å². The zero-order valence-electron chi connectivity index (χ0n) is 14.6. The molecule has 2 rings (SSSR count). The Hall–Kier alpha value is -0.960. The lowest BCUT2D eigenvalue weighted by Gasteiger charge is -2.34. The molecule has 0 radical (unpaired) electrons. The van der Waals surface area contributed by atoms with Crippen molar-refractivity contribution in [1.29, 1.82) is 0 Å². The smallest absolute Gasteiger partial charge is 0.234 e. The highest BCUT2D eigenvalue weighted by atomic mass is 79.9. The first-order valence-electron chi connectivity index (χ1n) is 8.58. The Balaban J connectivity index is 1.60. The summed E-state index contributed by atoms with van der Waals surface area (Å²) in [5.74, 6) is 0.235. The monoisotopic (exact) mass is 431 g/mol. The molecule has 2 amide bonds. The van der Waals surface area contributed by atoms with Crippen LogP contribution in [0.25, 0.3) is 0 Å². The molecular formula is C17H26BrN3O3S. The van der Waals surface area contributed by atoms with Crippen LogP contribution in [0.2, 0.25) is 0 Å². The van der Waals surface area contributed by atoms with Crippen LogP contribution in [-0.4, -0.2) is 74.6 Å². The van der Waals surface area contributed by atoms with E-state index < -0.39 is 0 Å². The second-order valence-corrected chi connectivity index (χ2v) is 8.61. The van der Waals surface area contributed by atoms with Gasteiger partial charge in [0.15, 0.2) is 0 Å². The van der Waals surface area contributed by atoms with E-state index in [1.54, 1.807) is 18.4 Å². The van der Waals surface area contributed by atoms with Crippen molar-refractivity contribution in [3.63, 3.8) is 0 Å². The number of thiophene rings is 1.